The number of unbranched alkanes of at least 4 members (excludes halogenated alkanes) is 3. The van der Waals surface area contributed by atoms with Gasteiger partial charge >= 0.3 is 0 Å². The van der Waals surface area contributed by atoms with Crippen LogP contribution >= 0.6 is 0 Å². The fourth-order valence-electron chi connectivity index (χ4n) is 5.87. The van der Waals surface area contributed by atoms with Crippen LogP contribution in [0.5, 0.6) is 0 Å². The maximum atomic E-state index is 13.4. The van der Waals surface area contributed by atoms with Crippen LogP contribution in [0.15, 0.2) is 42.5 Å². The van der Waals surface area contributed by atoms with Crippen molar-refractivity contribution in [1.29, 1.82) is 0 Å². The van der Waals surface area contributed by atoms with Crippen molar-refractivity contribution in [1.82, 2.24) is 9.80 Å². The van der Waals surface area contributed by atoms with Crippen LogP contribution in [0, 0.1) is 15.9 Å². The summed E-state index contributed by atoms with van der Waals surface area (Å²) in [5.74, 6) is -0.184. The van der Waals surface area contributed by atoms with E-state index < -0.39 is 0 Å². The fraction of sp³-hybridized carbons (Fsp3) is 0.600. The fourth-order valence-corrected chi connectivity index (χ4v) is 5.87. The van der Waals surface area contributed by atoms with Gasteiger partial charge in [0, 0.05) is 38.3 Å². The Hall–Kier alpha value is -2.51. The van der Waals surface area contributed by atoms with Gasteiger partial charge in [-0.05, 0) is 87.5 Å². The van der Waals surface area contributed by atoms with Gasteiger partial charge in [0.05, 0.1) is 4.92 Å². The van der Waals surface area contributed by atoms with Crippen LogP contribution in [0.4, 0.5) is 15.8 Å². The van der Waals surface area contributed by atoms with Crippen molar-refractivity contribution in [2.24, 2.45) is 0 Å². The lowest BCUT2D eigenvalue weighted by Crippen LogP contribution is -2.44. The zero-order valence-electron chi connectivity index (χ0n) is 22.4. The first-order chi connectivity index (χ1) is 18.0. The largest absolute Gasteiger partial charge is 0.366 e. The predicted molar refractivity (Wildman–Crippen MR) is 148 cm³/mol. The number of hydrogen-bond acceptors (Lipinski definition) is 5. The molecule has 2 aliphatic rings. The second kappa shape index (κ2) is 13.9. The molecule has 7 heteroatoms. The van der Waals surface area contributed by atoms with E-state index in [1.165, 1.54) is 37.7 Å². The number of nitro benzene ring substituents is 1. The van der Waals surface area contributed by atoms with Gasteiger partial charge in [-0.1, -0.05) is 44.4 Å². The molecule has 0 bridgehead atoms. The molecule has 0 radical (unpaired) electrons. The molecule has 2 aromatic carbocycles. The van der Waals surface area contributed by atoms with E-state index in [2.05, 4.69) is 27.7 Å². The van der Waals surface area contributed by atoms with Crippen LogP contribution < -0.4 is 4.90 Å². The summed E-state index contributed by atoms with van der Waals surface area (Å²) in [6, 6.07) is 13.3. The molecule has 0 aromatic heterocycles. The summed E-state index contributed by atoms with van der Waals surface area (Å²) in [5, 5.41) is 11.9. The van der Waals surface area contributed by atoms with Gasteiger partial charge in [0.15, 0.2) is 0 Å². The highest BCUT2D eigenvalue weighted by Gasteiger charge is 2.26. The van der Waals surface area contributed by atoms with Crippen LogP contribution in [0.1, 0.15) is 75.8 Å². The second-order valence-electron chi connectivity index (χ2n) is 10.8. The molecule has 202 valence electrons. The van der Waals surface area contributed by atoms with Crippen molar-refractivity contribution in [3.8, 4) is 0 Å². The van der Waals surface area contributed by atoms with E-state index in [4.69, 9.17) is 0 Å². The Balaban J connectivity index is 1.35. The van der Waals surface area contributed by atoms with Crippen LogP contribution in [0.2, 0.25) is 0 Å². The Morgan fingerprint density at radius 3 is 2.32 bits per heavy atom. The first-order valence-corrected chi connectivity index (χ1v) is 14.3. The van der Waals surface area contributed by atoms with Gasteiger partial charge < -0.3 is 4.90 Å². The summed E-state index contributed by atoms with van der Waals surface area (Å²) in [6.07, 6.45) is 10.5. The minimum atomic E-state index is -0.217. The van der Waals surface area contributed by atoms with Gasteiger partial charge in [-0.2, -0.15) is 0 Å². The van der Waals surface area contributed by atoms with Crippen molar-refractivity contribution in [3.05, 3.63) is 69.5 Å². The summed E-state index contributed by atoms with van der Waals surface area (Å²) in [4.78, 5) is 18.8. The summed E-state index contributed by atoms with van der Waals surface area (Å²) in [5.41, 5.74) is 3.20. The Bertz CT molecular complexity index is 986. The molecule has 6 nitrogen and oxygen atoms in total. The van der Waals surface area contributed by atoms with E-state index in [9.17, 15) is 14.5 Å². The molecule has 0 amide bonds. The van der Waals surface area contributed by atoms with Gasteiger partial charge in [-0.25, -0.2) is 4.39 Å². The van der Waals surface area contributed by atoms with Gasteiger partial charge in [-0.3, -0.25) is 19.9 Å². The maximum Gasteiger partial charge on any atom is 0.292 e. The highest BCUT2D eigenvalue weighted by Crippen LogP contribution is 2.32. The van der Waals surface area contributed by atoms with Crippen LogP contribution in [-0.2, 0) is 13.1 Å². The lowest BCUT2D eigenvalue weighted by molar-refractivity contribution is -0.384. The molecule has 2 saturated heterocycles. The molecule has 0 aliphatic carbocycles. The normalized spacial score (nSPS) is 17.4. The van der Waals surface area contributed by atoms with Crippen LogP contribution in [0.3, 0.4) is 0 Å². The Kier molecular flexibility index (Phi) is 10.3. The molecule has 2 fully saturated rings. The van der Waals surface area contributed by atoms with E-state index in [1.807, 2.05) is 18.2 Å². The van der Waals surface area contributed by atoms with Gasteiger partial charge in [-0.15, -0.1) is 0 Å². The van der Waals surface area contributed by atoms with E-state index >= 15 is 0 Å². The molecule has 0 spiro atoms. The van der Waals surface area contributed by atoms with Crippen molar-refractivity contribution in [2.75, 3.05) is 37.6 Å². The Morgan fingerprint density at radius 1 is 0.946 bits per heavy atom. The number of hydrogen-bond donors (Lipinski definition) is 0. The van der Waals surface area contributed by atoms with Gasteiger partial charge in [0.25, 0.3) is 5.69 Å². The average molecular weight is 511 g/mol. The first-order valence-electron chi connectivity index (χ1n) is 14.3. The topological polar surface area (TPSA) is 52.9 Å². The number of benzene rings is 2. The third-order valence-corrected chi connectivity index (χ3v) is 8.01. The molecule has 2 aliphatic heterocycles. The Morgan fingerprint density at radius 2 is 1.65 bits per heavy atom. The number of likely N-dealkylation sites (tertiary alicyclic amines) is 1. The molecular weight excluding hydrogens is 467 g/mol. The zero-order chi connectivity index (χ0) is 26.0. The highest BCUT2D eigenvalue weighted by atomic mass is 19.1. The lowest BCUT2D eigenvalue weighted by atomic mass is 10.0. The molecule has 37 heavy (non-hydrogen) atoms. The summed E-state index contributed by atoms with van der Waals surface area (Å²) < 4.78 is 13.4. The molecule has 0 atom stereocenters. The van der Waals surface area contributed by atoms with E-state index in [-0.39, 0.29) is 16.4 Å². The van der Waals surface area contributed by atoms with Gasteiger partial charge in [0.1, 0.15) is 11.5 Å². The SMILES string of the molecule is CCCCCCN(Cc1ccc(F)cc1)C1CCN(Cc2ccc(N3CCCCC3)c([N+](=O)[O-])c2)CC1. The number of piperidine rings is 2. The molecule has 0 saturated carbocycles. The van der Waals surface area contributed by atoms with Crippen molar-refractivity contribution in [2.45, 2.75) is 83.8 Å². The quantitative estimate of drug-likeness (QED) is 0.179. The summed E-state index contributed by atoms with van der Waals surface area (Å²) >= 11 is 0. The van der Waals surface area contributed by atoms with Gasteiger partial charge in [0.2, 0.25) is 0 Å². The predicted octanol–water partition coefficient (Wildman–Crippen LogP) is 6.77. The van der Waals surface area contributed by atoms with E-state index in [0.717, 1.165) is 82.7 Å². The molecule has 2 heterocycles. The van der Waals surface area contributed by atoms with Crippen molar-refractivity contribution < 1.29 is 9.31 Å². The highest BCUT2D eigenvalue weighted by molar-refractivity contribution is 5.64. The molecule has 0 N–H and O–H groups in total. The third kappa shape index (κ3) is 7.99. The molecule has 4 rings (SSSR count). The number of anilines is 1. The average Bonchev–Trinajstić information content (AvgIpc) is 2.92. The summed E-state index contributed by atoms with van der Waals surface area (Å²) in [6.45, 7) is 8.71. The van der Waals surface area contributed by atoms with Crippen molar-refractivity contribution in [3.63, 3.8) is 0 Å². The maximum absolute atomic E-state index is 13.4. The Labute approximate surface area is 221 Å². The number of halogens is 1. The standard InChI is InChI=1S/C30H43FN4O2/c1-2-3-4-6-19-34(24-25-9-12-27(31)13-10-25)28-15-20-32(21-16-28)23-26-11-14-29(30(22-26)35(36)37)33-17-7-5-8-18-33/h9-14,22,28H,2-8,15-21,23-24H2,1H3. The molecule has 0 unspecified atom stereocenters. The number of nitrogens with zero attached hydrogens (tertiary/aromatic N) is 4. The van der Waals surface area contributed by atoms with Crippen LogP contribution in [0.25, 0.3) is 0 Å². The smallest absolute Gasteiger partial charge is 0.292 e. The second-order valence-corrected chi connectivity index (χ2v) is 10.8. The molecular formula is C30H43FN4O2. The lowest BCUT2D eigenvalue weighted by Gasteiger charge is -2.39. The first kappa shape index (κ1) is 27.5. The van der Waals surface area contributed by atoms with Crippen LogP contribution in [-0.4, -0.2) is 53.5 Å². The number of rotatable bonds is 12. The summed E-state index contributed by atoms with van der Waals surface area (Å²) in [7, 11) is 0. The number of nitro groups is 1. The third-order valence-electron chi connectivity index (χ3n) is 8.01. The zero-order valence-corrected chi connectivity index (χ0v) is 22.4. The monoisotopic (exact) mass is 510 g/mol. The van der Waals surface area contributed by atoms with Crippen molar-refractivity contribution >= 4 is 11.4 Å². The minimum absolute atomic E-state index is 0.184. The van der Waals surface area contributed by atoms with E-state index in [0.29, 0.717) is 6.04 Å². The van der Waals surface area contributed by atoms with E-state index in [1.54, 1.807) is 18.2 Å². The molecule has 2 aromatic rings. The minimum Gasteiger partial charge on any atom is -0.366 e.